The van der Waals surface area contributed by atoms with Gasteiger partial charge in [-0.15, -0.1) is 0 Å². The normalized spacial score (nSPS) is 11.0. The number of benzene rings is 3. The zero-order chi connectivity index (χ0) is 24.7. The Morgan fingerprint density at radius 2 is 1.59 bits per heavy atom. The van der Waals surface area contributed by atoms with Crippen LogP contribution in [0.15, 0.2) is 77.7 Å². The van der Waals surface area contributed by atoms with Crippen molar-refractivity contribution >= 4 is 44.8 Å². The number of para-hydroxylation sites is 2. The third-order valence-corrected chi connectivity index (χ3v) is 7.09. The Hall–Kier alpha value is -3.36. The molecule has 0 spiro atoms. The van der Waals surface area contributed by atoms with Crippen LogP contribution in [0.25, 0.3) is 0 Å². The van der Waals surface area contributed by atoms with Gasteiger partial charge in [-0.2, -0.15) is 0 Å². The van der Waals surface area contributed by atoms with Crippen LogP contribution in [0.4, 0.5) is 11.4 Å². The molecule has 2 N–H and O–H groups in total. The second-order valence-corrected chi connectivity index (χ2v) is 9.90. The van der Waals surface area contributed by atoms with Crippen molar-refractivity contribution in [2.75, 3.05) is 22.7 Å². The molecule has 3 rings (SSSR count). The zero-order valence-corrected chi connectivity index (χ0v) is 20.5. The van der Waals surface area contributed by atoms with Gasteiger partial charge in [0.15, 0.2) is 0 Å². The van der Waals surface area contributed by atoms with E-state index in [2.05, 4.69) is 10.6 Å². The van der Waals surface area contributed by atoms with Crippen LogP contribution in [0.2, 0.25) is 5.02 Å². The zero-order valence-electron chi connectivity index (χ0n) is 18.9. The van der Waals surface area contributed by atoms with Gasteiger partial charge in [0, 0.05) is 6.54 Å². The predicted octanol–water partition coefficient (Wildman–Crippen LogP) is 4.62. The lowest BCUT2D eigenvalue weighted by Crippen LogP contribution is -2.38. The number of amides is 2. The third-order valence-electron chi connectivity index (χ3n) is 5.00. The molecule has 0 aliphatic heterocycles. The van der Waals surface area contributed by atoms with E-state index in [1.165, 1.54) is 18.2 Å². The van der Waals surface area contributed by atoms with E-state index in [1.54, 1.807) is 54.6 Å². The van der Waals surface area contributed by atoms with Gasteiger partial charge in [0.2, 0.25) is 5.91 Å². The number of aryl methyl sites for hydroxylation is 1. The Morgan fingerprint density at radius 1 is 0.941 bits per heavy atom. The van der Waals surface area contributed by atoms with Gasteiger partial charge in [-0.1, -0.05) is 60.5 Å². The molecule has 0 heterocycles. The van der Waals surface area contributed by atoms with Crippen molar-refractivity contribution in [1.29, 1.82) is 0 Å². The molecule has 0 aliphatic carbocycles. The van der Waals surface area contributed by atoms with Gasteiger partial charge in [-0.3, -0.25) is 13.9 Å². The van der Waals surface area contributed by atoms with E-state index < -0.39 is 22.5 Å². The number of sulfonamides is 1. The maximum Gasteiger partial charge on any atom is 0.264 e. The maximum absolute atomic E-state index is 13.5. The molecule has 178 valence electrons. The van der Waals surface area contributed by atoms with E-state index in [-0.39, 0.29) is 32.8 Å². The fraction of sp³-hybridized carbons (Fsp3) is 0.200. The molecule has 3 aromatic carbocycles. The first-order chi connectivity index (χ1) is 16.2. The van der Waals surface area contributed by atoms with Crippen LogP contribution in [-0.2, 0) is 14.8 Å². The first kappa shape index (κ1) is 25.3. The van der Waals surface area contributed by atoms with Gasteiger partial charge in [-0.05, 0) is 49.7 Å². The highest BCUT2D eigenvalue weighted by molar-refractivity contribution is 7.92. The molecule has 2 amide bonds. The summed E-state index contributed by atoms with van der Waals surface area (Å²) in [6, 6.07) is 19.3. The summed E-state index contributed by atoms with van der Waals surface area (Å²) in [5.41, 5.74) is 1.65. The highest BCUT2D eigenvalue weighted by Gasteiger charge is 2.29. The molecule has 0 radical (unpaired) electrons. The molecule has 0 aromatic heterocycles. The van der Waals surface area contributed by atoms with Crippen LogP contribution < -0.4 is 14.9 Å². The van der Waals surface area contributed by atoms with E-state index in [9.17, 15) is 18.0 Å². The van der Waals surface area contributed by atoms with Crippen molar-refractivity contribution in [1.82, 2.24) is 5.32 Å². The summed E-state index contributed by atoms with van der Waals surface area (Å²) in [7, 11) is -4.11. The first-order valence-electron chi connectivity index (χ1n) is 10.7. The van der Waals surface area contributed by atoms with Crippen LogP contribution in [-0.4, -0.2) is 33.3 Å². The molecule has 7 nitrogen and oxygen atoms in total. The highest BCUT2D eigenvalue weighted by atomic mass is 35.5. The fourth-order valence-corrected chi connectivity index (χ4v) is 4.96. The molecular formula is C25H26ClN3O4S. The number of nitrogens with zero attached hydrogens (tertiary/aromatic N) is 1. The summed E-state index contributed by atoms with van der Waals surface area (Å²) in [6.07, 6.45) is 0.768. The van der Waals surface area contributed by atoms with Crippen molar-refractivity contribution in [3.05, 3.63) is 88.9 Å². The lowest BCUT2D eigenvalue weighted by atomic mass is 10.1. The average Bonchev–Trinajstić information content (AvgIpc) is 2.82. The fourth-order valence-electron chi connectivity index (χ4n) is 3.24. The molecule has 0 bridgehead atoms. The second kappa shape index (κ2) is 11.2. The third kappa shape index (κ3) is 5.95. The van der Waals surface area contributed by atoms with E-state index in [4.69, 9.17) is 11.6 Å². The van der Waals surface area contributed by atoms with Crippen molar-refractivity contribution in [3.8, 4) is 0 Å². The lowest BCUT2D eigenvalue weighted by Gasteiger charge is -2.25. The minimum atomic E-state index is -4.11. The van der Waals surface area contributed by atoms with Gasteiger partial charge in [0.1, 0.15) is 6.54 Å². The number of carbonyl (C=O) groups excluding carboxylic acids is 2. The van der Waals surface area contributed by atoms with Crippen molar-refractivity contribution < 1.29 is 18.0 Å². The maximum atomic E-state index is 13.5. The number of rotatable bonds is 9. The highest BCUT2D eigenvalue weighted by Crippen LogP contribution is 2.30. The summed E-state index contributed by atoms with van der Waals surface area (Å²) >= 11 is 6.31. The van der Waals surface area contributed by atoms with Gasteiger partial charge in [-0.25, -0.2) is 8.42 Å². The minimum absolute atomic E-state index is 0.0326. The topological polar surface area (TPSA) is 95.6 Å². The standard InChI is InChI=1S/C25H26ClN3O4S/c1-3-16-27-25(31)20-8-4-6-10-22(20)28-24(30)17-29(23-11-7-5-9-21(23)26)34(32,33)19-14-12-18(2)13-15-19/h4-15H,3,16-17H2,1-2H3,(H,27,31)(H,28,30). The second-order valence-electron chi connectivity index (χ2n) is 7.63. The summed E-state index contributed by atoms with van der Waals surface area (Å²) in [5, 5.41) is 5.63. The Balaban J connectivity index is 1.93. The number of hydrogen-bond acceptors (Lipinski definition) is 4. The molecule has 9 heteroatoms. The Bertz CT molecular complexity index is 1280. The van der Waals surface area contributed by atoms with Gasteiger partial charge in [0.25, 0.3) is 15.9 Å². The summed E-state index contributed by atoms with van der Waals surface area (Å²) < 4.78 is 28.0. The molecule has 0 unspecified atom stereocenters. The molecule has 34 heavy (non-hydrogen) atoms. The van der Waals surface area contributed by atoms with E-state index in [0.717, 1.165) is 16.3 Å². The van der Waals surface area contributed by atoms with Gasteiger partial charge >= 0.3 is 0 Å². The van der Waals surface area contributed by atoms with Crippen LogP contribution >= 0.6 is 11.6 Å². The Kier molecular flexibility index (Phi) is 8.31. The van der Waals surface area contributed by atoms with Crippen molar-refractivity contribution in [2.24, 2.45) is 0 Å². The van der Waals surface area contributed by atoms with Gasteiger partial charge in [0.05, 0.1) is 26.9 Å². The number of carbonyl (C=O) groups is 2. The van der Waals surface area contributed by atoms with Crippen LogP contribution in [0, 0.1) is 6.92 Å². The van der Waals surface area contributed by atoms with Crippen molar-refractivity contribution in [2.45, 2.75) is 25.2 Å². The quantitative estimate of drug-likeness (QED) is 0.449. The molecule has 0 fully saturated rings. The van der Waals surface area contributed by atoms with E-state index >= 15 is 0 Å². The summed E-state index contributed by atoms with van der Waals surface area (Å²) in [6.45, 7) is 3.75. The Labute approximate surface area is 204 Å². The molecular weight excluding hydrogens is 474 g/mol. The molecule has 3 aromatic rings. The minimum Gasteiger partial charge on any atom is -0.352 e. The number of hydrogen-bond donors (Lipinski definition) is 2. The van der Waals surface area contributed by atoms with Crippen molar-refractivity contribution in [3.63, 3.8) is 0 Å². The molecule has 0 aliphatic rings. The lowest BCUT2D eigenvalue weighted by molar-refractivity contribution is -0.114. The number of nitrogens with one attached hydrogen (secondary N) is 2. The predicted molar refractivity (Wildman–Crippen MR) is 135 cm³/mol. The largest absolute Gasteiger partial charge is 0.352 e. The van der Waals surface area contributed by atoms with Crippen LogP contribution in [0.5, 0.6) is 0 Å². The van der Waals surface area contributed by atoms with Gasteiger partial charge < -0.3 is 10.6 Å². The number of halogens is 1. The van der Waals surface area contributed by atoms with E-state index in [0.29, 0.717) is 6.54 Å². The van der Waals surface area contributed by atoms with E-state index in [1.807, 2.05) is 13.8 Å². The van der Waals surface area contributed by atoms with Crippen LogP contribution in [0.1, 0.15) is 29.3 Å². The smallest absolute Gasteiger partial charge is 0.264 e. The average molecular weight is 500 g/mol. The molecule has 0 saturated carbocycles. The summed E-state index contributed by atoms with van der Waals surface area (Å²) in [5.74, 6) is -0.945. The molecule has 0 atom stereocenters. The monoisotopic (exact) mass is 499 g/mol. The Morgan fingerprint density at radius 3 is 2.26 bits per heavy atom. The van der Waals surface area contributed by atoms with Crippen LogP contribution in [0.3, 0.4) is 0 Å². The first-order valence-corrected chi connectivity index (χ1v) is 12.6. The molecule has 0 saturated heterocycles. The number of anilines is 2. The summed E-state index contributed by atoms with van der Waals surface area (Å²) in [4.78, 5) is 25.5. The SMILES string of the molecule is CCCNC(=O)c1ccccc1NC(=O)CN(c1ccccc1Cl)S(=O)(=O)c1ccc(C)cc1.